The summed E-state index contributed by atoms with van der Waals surface area (Å²) in [5.74, 6) is -0.923. The summed E-state index contributed by atoms with van der Waals surface area (Å²) in [4.78, 5) is 13.3. The van der Waals surface area contributed by atoms with Crippen LogP contribution in [0.4, 0.5) is 0 Å². The zero-order valence-electron chi connectivity index (χ0n) is 9.03. The summed E-state index contributed by atoms with van der Waals surface area (Å²) >= 11 is 5.81. The summed E-state index contributed by atoms with van der Waals surface area (Å²) in [6.45, 7) is 3.83. The maximum absolute atomic E-state index is 10.9. The van der Waals surface area contributed by atoms with Crippen LogP contribution in [-0.4, -0.2) is 40.2 Å². The molecule has 4 nitrogen and oxygen atoms in total. The van der Waals surface area contributed by atoms with Crippen LogP contribution in [0.15, 0.2) is 12.3 Å². The molecule has 1 aromatic rings. The first-order chi connectivity index (χ1) is 7.66. The number of hydrogen-bond donors (Lipinski definition) is 1. The molecule has 0 unspecified atom stereocenters. The molecule has 16 heavy (non-hydrogen) atoms. The first kappa shape index (κ1) is 11.5. The molecule has 0 bridgehead atoms. The van der Waals surface area contributed by atoms with E-state index in [9.17, 15) is 4.79 Å². The Hall–Kier alpha value is -1.00. The monoisotopic (exact) mass is 242 g/mol. The molecule has 5 heteroatoms. The number of carboxylic acids is 1. The van der Waals surface area contributed by atoms with Gasteiger partial charge in [0.15, 0.2) is 0 Å². The SMILES string of the molecule is O=C(O)c1cc(Cl)cn1CCN1CCCC1. The predicted molar refractivity (Wildman–Crippen MR) is 62.1 cm³/mol. The number of nitrogens with zero attached hydrogens (tertiary/aromatic N) is 2. The average molecular weight is 243 g/mol. The lowest BCUT2D eigenvalue weighted by Gasteiger charge is -2.15. The van der Waals surface area contributed by atoms with Crippen molar-refractivity contribution in [2.45, 2.75) is 19.4 Å². The molecular weight excluding hydrogens is 228 g/mol. The smallest absolute Gasteiger partial charge is 0.352 e. The number of rotatable bonds is 4. The van der Waals surface area contributed by atoms with Crippen LogP contribution in [0.5, 0.6) is 0 Å². The van der Waals surface area contributed by atoms with Crippen molar-refractivity contribution in [2.24, 2.45) is 0 Å². The molecule has 2 rings (SSSR count). The highest BCUT2D eigenvalue weighted by Gasteiger charge is 2.14. The Labute approximate surface area is 99.4 Å². The Morgan fingerprint density at radius 2 is 2.06 bits per heavy atom. The fourth-order valence-corrected chi connectivity index (χ4v) is 2.32. The highest BCUT2D eigenvalue weighted by Crippen LogP contribution is 2.15. The molecule has 1 aromatic heterocycles. The number of hydrogen-bond acceptors (Lipinski definition) is 2. The Morgan fingerprint density at radius 3 is 2.69 bits per heavy atom. The van der Waals surface area contributed by atoms with E-state index in [0.717, 1.165) is 19.6 Å². The number of aromatic nitrogens is 1. The van der Waals surface area contributed by atoms with Gasteiger partial charge in [0, 0.05) is 19.3 Å². The van der Waals surface area contributed by atoms with Gasteiger partial charge in [-0.1, -0.05) is 11.6 Å². The van der Waals surface area contributed by atoms with Gasteiger partial charge >= 0.3 is 5.97 Å². The van der Waals surface area contributed by atoms with Crippen molar-refractivity contribution in [1.82, 2.24) is 9.47 Å². The molecule has 0 amide bonds. The summed E-state index contributed by atoms with van der Waals surface area (Å²) in [5, 5.41) is 9.46. The molecule has 1 saturated heterocycles. The third-order valence-electron chi connectivity index (χ3n) is 2.94. The minimum absolute atomic E-state index is 0.268. The van der Waals surface area contributed by atoms with Gasteiger partial charge in [0.2, 0.25) is 0 Å². The van der Waals surface area contributed by atoms with Crippen LogP contribution in [0.3, 0.4) is 0 Å². The second kappa shape index (κ2) is 4.89. The van der Waals surface area contributed by atoms with Gasteiger partial charge in [-0.15, -0.1) is 0 Å². The zero-order valence-corrected chi connectivity index (χ0v) is 9.78. The largest absolute Gasteiger partial charge is 0.477 e. The van der Waals surface area contributed by atoms with Crippen molar-refractivity contribution >= 4 is 17.6 Å². The molecule has 1 fully saturated rings. The van der Waals surface area contributed by atoms with Crippen LogP contribution in [0, 0.1) is 0 Å². The molecule has 88 valence electrons. The van der Waals surface area contributed by atoms with Crippen LogP contribution in [0.2, 0.25) is 5.02 Å². The Balaban J connectivity index is 1.99. The van der Waals surface area contributed by atoms with E-state index in [1.807, 2.05) is 0 Å². The van der Waals surface area contributed by atoms with Crippen molar-refractivity contribution in [3.8, 4) is 0 Å². The molecule has 0 spiro atoms. The Morgan fingerprint density at radius 1 is 1.38 bits per heavy atom. The average Bonchev–Trinajstić information content (AvgIpc) is 2.83. The van der Waals surface area contributed by atoms with Crippen molar-refractivity contribution < 1.29 is 9.90 Å². The minimum atomic E-state index is -0.923. The number of likely N-dealkylation sites (tertiary alicyclic amines) is 1. The van der Waals surface area contributed by atoms with Gasteiger partial charge in [-0.25, -0.2) is 4.79 Å². The number of carbonyl (C=O) groups is 1. The van der Waals surface area contributed by atoms with Crippen molar-refractivity contribution in [3.05, 3.63) is 23.0 Å². The molecule has 0 saturated carbocycles. The maximum Gasteiger partial charge on any atom is 0.352 e. The zero-order chi connectivity index (χ0) is 11.5. The highest BCUT2D eigenvalue weighted by atomic mass is 35.5. The van der Waals surface area contributed by atoms with Gasteiger partial charge in [0.05, 0.1) is 5.02 Å². The first-order valence-electron chi connectivity index (χ1n) is 5.48. The number of halogens is 1. The maximum atomic E-state index is 10.9. The van der Waals surface area contributed by atoms with Crippen LogP contribution in [0.25, 0.3) is 0 Å². The van der Waals surface area contributed by atoms with Crippen molar-refractivity contribution in [1.29, 1.82) is 0 Å². The standard InChI is InChI=1S/C11H15ClN2O2/c12-9-7-10(11(15)16)14(8-9)6-5-13-3-1-2-4-13/h7-8H,1-6H2,(H,15,16). The predicted octanol–water partition coefficient (Wildman–Crippen LogP) is 1.94. The van der Waals surface area contributed by atoms with Crippen molar-refractivity contribution in [2.75, 3.05) is 19.6 Å². The highest BCUT2D eigenvalue weighted by molar-refractivity contribution is 6.30. The lowest BCUT2D eigenvalue weighted by atomic mass is 10.4. The molecule has 0 radical (unpaired) electrons. The van der Waals surface area contributed by atoms with Crippen molar-refractivity contribution in [3.63, 3.8) is 0 Å². The van der Waals surface area contributed by atoms with E-state index < -0.39 is 5.97 Å². The van der Waals surface area contributed by atoms with E-state index in [1.165, 1.54) is 18.9 Å². The summed E-state index contributed by atoms with van der Waals surface area (Å²) in [6.07, 6.45) is 4.18. The summed E-state index contributed by atoms with van der Waals surface area (Å²) < 4.78 is 1.71. The molecule has 0 atom stereocenters. The quantitative estimate of drug-likeness (QED) is 0.878. The normalized spacial score (nSPS) is 16.8. The topological polar surface area (TPSA) is 45.5 Å². The van der Waals surface area contributed by atoms with E-state index in [0.29, 0.717) is 11.6 Å². The van der Waals surface area contributed by atoms with E-state index in [4.69, 9.17) is 16.7 Å². The fraction of sp³-hybridized carbons (Fsp3) is 0.545. The second-order valence-corrected chi connectivity index (χ2v) is 4.53. The molecule has 0 aliphatic carbocycles. The molecule has 1 N–H and O–H groups in total. The van der Waals surface area contributed by atoms with Crippen LogP contribution >= 0.6 is 11.6 Å². The Bertz CT molecular complexity index is 383. The van der Waals surface area contributed by atoms with Gasteiger partial charge < -0.3 is 14.6 Å². The fourth-order valence-electron chi connectivity index (χ4n) is 2.09. The van der Waals surface area contributed by atoms with Crippen LogP contribution < -0.4 is 0 Å². The molecule has 0 aromatic carbocycles. The first-order valence-corrected chi connectivity index (χ1v) is 5.86. The third kappa shape index (κ3) is 2.57. The van der Waals surface area contributed by atoms with Gasteiger partial charge in [-0.05, 0) is 32.0 Å². The Kier molecular flexibility index (Phi) is 3.51. The van der Waals surface area contributed by atoms with E-state index in [-0.39, 0.29) is 5.69 Å². The molecule has 2 heterocycles. The lowest BCUT2D eigenvalue weighted by Crippen LogP contribution is -2.25. The summed E-state index contributed by atoms with van der Waals surface area (Å²) in [5.41, 5.74) is 0.268. The molecule has 1 aliphatic heterocycles. The van der Waals surface area contributed by atoms with Crippen LogP contribution in [-0.2, 0) is 6.54 Å². The molecular formula is C11H15ClN2O2. The van der Waals surface area contributed by atoms with Gasteiger partial charge in [0.1, 0.15) is 5.69 Å². The number of aromatic carboxylic acids is 1. The lowest BCUT2D eigenvalue weighted by molar-refractivity contribution is 0.0684. The van der Waals surface area contributed by atoms with E-state index in [1.54, 1.807) is 10.8 Å². The minimum Gasteiger partial charge on any atom is -0.477 e. The van der Waals surface area contributed by atoms with E-state index >= 15 is 0 Å². The van der Waals surface area contributed by atoms with Gasteiger partial charge in [-0.3, -0.25) is 0 Å². The van der Waals surface area contributed by atoms with E-state index in [2.05, 4.69) is 4.90 Å². The summed E-state index contributed by atoms with van der Waals surface area (Å²) in [6, 6.07) is 1.49. The third-order valence-corrected chi connectivity index (χ3v) is 3.14. The van der Waals surface area contributed by atoms with Crippen LogP contribution in [0.1, 0.15) is 23.3 Å². The van der Waals surface area contributed by atoms with Gasteiger partial charge in [-0.2, -0.15) is 0 Å². The molecule has 1 aliphatic rings. The number of carboxylic acid groups (broad SMARTS) is 1. The van der Waals surface area contributed by atoms with Gasteiger partial charge in [0.25, 0.3) is 0 Å². The summed E-state index contributed by atoms with van der Waals surface area (Å²) in [7, 11) is 0. The second-order valence-electron chi connectivity index (χ2n) is 4.09.